The first-order chi connectivity index (χ1) is 12.2. The second-order valence-electron chi connectivity index (χ2n) is 7.14. The van der Waals surface area contributed by atoms with E-state index in [1.165, 1.54) is 37.9 Å². The third-order valence-electron chi connectivity index (χ3n) is 5.30. The van der Waals surface area contributed by atoms with Crippen molar-refractivity contribution in [3.8, 4) is 5.75 Å². The van der Waals surface area contributed by atoms with Gasteiger partial charge >= 0.3 is 0 Å². The van der Waals surface area contributed by atoms with Crippen molar-refractivity contribution in [1.29, 1.82) is 0 Å². The van der Waals surface area contributed by atoms with Crippen LogP contribution in [0.4, 0.5) is 0 Å². The van der Waals surface area contributed by atoms with Gasteiger partial charge in [0, 0.05) is 51.8 Å². The van der Waals surface area contributed by atoms with Crippen LogP contribution in [0.25, 0.3) is 0 Å². The van der Waals surface area contributed by atoms with Crippen LogP contribution in [-0.4, -0.2) is 73.0 Å². The van der Waals surface area contributed by atoms with Crippen LogP contribution in [0.2, 0.25) is 0 Å². The highest BCUT2D eigenvalue weighted by molar-refractivity contribution is 5.73. The topological polar surface area (TPSA) is 36.0 Å². The van der Waals surface area contributed by atoms with Crippen molar-refractivity contribution in [3.05, 3.63) is 29.8 Å². The zero-order valence-corrected chi connectivity index (χ0v) is 15.5. The number of hydrogen-bond donors (Lipinski definition) is 0. The van der Waals surface area contributed by atoms with Crippen LogP contribution >= 0.6 is 0 Å². The Morgan fingerprint density at radius 1 is 0.960 bits per heavy atom. The van der Waals surface area contributed by atoms with Gasteiger partial charge in [-0.15, -0.1) is 0 Å². The molecule has 3 rings (SSSR count). The van der Waals surface area contributed by atoms with Crippen molar-refractivity contribution in [2.75, 3.05) is 52.4 Å². The summed E-state index contributed by atoms with van der Waals surface area (Å²) in [6.07, 6.45) is 4.02. The number of amides is 1. The highest BCUT2D eigenvalue weighted by Gasteiger charge is 2.19. The largest absolute Gasteiger partial charge is 0.492 e. The molecule has 2 heterocycles. The van der Waals surface area contributed by atoms with Crippen LogP contribution in [0, 0.1) is 0 Å². The summed E-state index contributed by atoms with van der Waals surface area (Å²) < 4.78 is 6.11. The molecule has 5 heteroatoms. The van der Waals surface area contributed by atoms with Gasteiger partial charge < -0.3 is 9.64 Å². The molecule has 0 radical (unpaired) electrons. The average Bonchev–Trinajstić information content (AvgIpc) is 2.64. The molecule has 1 aromatic carbocycles. The Kier molecular flexibility index (Phi) is 6.70. The summed E-state index contributed by atoms with van der Waals surface area (Å²) in [5, 5.41) is 0. The molecule has 2 aliphatic heterocycles. The third kappa shape index (κ3) is 5.44. The minimum absolute atomic E-state index is 0.182. The number of hydrogen-bond acceptors (Lipinski definition) is 4. The lowest BCUT2D eigenvalue weighted by molar-refractivity contribution is -0.130. The first-order valence-corrected chi connectivity index (χ1v) is 9.63. The molecule has 0 unspecified atom stereocenters. The van der Waals surface area contributed by atoms with E-state index in [1.54, 1.807) is 6.92 Å². The van der Waals surface area contributed by atoms with Crippen LogP contribution in [0.15, 0.2) is 24.3 Å². The normalized spacial score (nSPS) is 19.8. The first kappa shape index (κ1) is 18.2. The molecule has 0 atom stereocenters. The highest BCUT2D eigenvalue weighted by atomic mass is 16.5. The second kappa shape index (κ2) is 9.20. The lowest BCUT2D eigenvalue weighted by atomic mass is 10.1. The van der Waals surface area contributed by atoms with Crippen molar-refractivity contribution in [3.63, 3.8) is 0 Å². The highest BCUT2D eigenvalue weighted by Crippen LogP contribution is 2.21. The number of piperazine rings is 1. The van der Waals surface area contributed by atoms with Crippen LogP contribution in [0.1, 0.15) is 31.7 Å². The van der Waals surface area contributed by atoms with Crippen molar-refractivity contribution < 1.29 is 9.53 Å². The number of likely N-dealkylation sites (tertiary alicyclic amines) is 1. The van der Waals surface area contributed by atoms with Gasteiger partial charge in [0.25, 0.3) is 0 Å². The summed E-state index contributed by atoms with van der Waals surface area (Å²) >= 11 is 0. The van der Waals surface area contributed by atoms with E-state index in [2.05, 4.69) is 28.0 Å². The van der Waals surface area contributed by atoms with Gasteiger partial charge in [-0.2, -0.15) is 0 Å². The Morgan fingerprint density at radius 2 is 1.68 bits per heavy atom. The summed E-state index contributed by atoms with van der Waals surface area (Å²) in [6.45, 7) is 10.3. The Morgan fingerprint density at radius 3 is 2.40 bits per heavy atom. The quantitative estimate of drug-likeness (QED) is 0.792. The molecule has 138 valence electrons. The van der Waals surface area contributed by atoms with E-state index in [4.69, 9.17) is 4.74 Å². The fraction of sp³-hybridized carbons (Fsp3) is 0.650. The monoisotopic (exact) mass is 345 g/mol. The number of para-hydroxylation sites is 1. The van der Waals surface area contributed by atoms with E-state index in [9.17, 15) is 4.79 Å². The van der Waals surface area contributed by atoms with E-state index < -0.39 is 0 Å². The minimum Gasteiger partial charge on any atom is -0.492 e. The molecule has 2 fully saturated rings. The Hall–Kier alpha value is -1.59. The van der Waals surface area contributed by atoms with Gasteiger partial charge in [0.1, 0.15) is 12.4 Å². The van der Waals surface area contributed by atoms with Crippen LogP contribution in [0.3, 0.4) is 0 Å². The van der Waals surface area contributed by atoms with Gasteiger partial charge in [0.2, 0.25) is 5.91 Å². The van der Waals surface area contributed by atoms with Crippen molar-refractivity contribution in [2.45, 2.75) is 32.7 Å². The molecule has 1 amide bonds. The van der Waals surface area contributed by atoms with E-state index in [0.717, 1.165) is 51.6 Å². The van der Waals surface area contributed by atoms with Crippen LogP contribution < -0.4 is 4.74 Å². The minimum atomic E-state index is 0.182. The molecule has 0 aromatic heterocycles. The zero-order valence-electron chi connectivity index (χ0n) is 15.5. The lowest BCUT2D eigenvalue weighted by Gasteiger charge is -2.34. The molecule has 0 aliphatic carbocycles. The number of benzene rings is 1. The lowest BCUT2D eigenvalue weighted by Crippen LogP contribution is -2.47. The van der Waals surface area contributed by atoms with Crippen molar-refractivity contribution in [2.24, 2.45) is 0 Å². The number of ether oxygens (including phenoxy) is 1. The predicted octanol–water partition coefficient (Wildman–Crippen LogP) is 2.22. The summed E-state index contributed by atoms with van der Waals surface area (Å²) in [7, 11) is 0. The first-order valence-electron chi connectivity index (χ1n) is 9.63. The summed E-state index contributed by atoms with van der Waals surface area (Å²) in [5.74, 6) is 1.19. The van der Waals surface area contributed by atoms with Gasteiger partial charge in [0.15, 0.2) is 0 Å². The van der Waals surface area contributed by atoms with Crippen molar-refractivity contribution in [1.82, 2.24) is 14.7 Å². The van der Waals surface area contributed by atoms with Crippen LogP contribution in [-0.2, 0) is 11.3 Å². The fourth-order valence-electron chi connectivity index (χ4n) is 3.70. The van der Waals surface area contributed by atoms with E-state index >= 15 is 0 Å². The zero-order chi connectivity index (χ0) is 17.5. The van der Waals surface area contributed by atoms with E-state index in [-0.39, 0.29) is 5.91 Å². The van der Waals surface area contributed by atoms with Gasteiger partial charge in [-0.1, -0.05) is 24.6 Å². The van der Waals surface area contributed by atoms with E-state index in [0.29, 0.717) is 0 Å². The molecule has 5 nitrogen and oxygen atoms in total. The molecule has 1 aromatic rings. The second-order valence-corrected chi connectivity index (χ2v) is 7.14. The van der Waals surface area contributed by atoms with Gasteiger partial charge in [-0.05, 0) is 32.0 Å². The maximum Gasteiger partial charge on any atom is 0.219 e. The van der Waals surface area contributed by atoms with E-state index in [1.807, 2.05) is 11.0 Å². The molecule has 0 N–H and O–H groups in total. The number of carbonyl (C=O) groups excluding carboxylic acids is 1. The molecule has 0 spiro atoms. The molecular weight excluding hydrogens is 314 g/mol. The molecule has 0 bridgehead atoms. The van der Waals surface area contributed by atoms with Gasteiger partial charge in [-0.25, -0.2) is 0 Å². The number of nitrogens with zero attached hydrogens (tertiary/aromatic N) is 3. The summed E-state index contributed by atoms with van der Waals surface area (Å²) in [6, 6.07) is 8.37. The number of carbonyl (C=O) groups is 1. The fourth-order valence-corrected chi connectivity index (χ4v) is 3.70. The molecule has 25 heavy (non-hydrogen) atoms. The van der Waals surface area contributed by atoms with Gasteiger partial charge in [-0.3, -0.25) is 14.6 Å². The maximum absolute atomic E-state index is 11.5. The summed E-state index contributed by atoms with van der Waals surface area (Å²) in [4.78, 5) is 18.3. The average molecular weight is 345 g/mol. The van der Waals surface area contributed by atoms with Crippen molar-refractivity contribution >= 4 is 5.91 Å². The Labute approximate surface area is 151 Å². The van der Waals surface area contributed by atoms with Crippen LogP contribution in [0.5, 0.6) is 5.75 Å². The predicted molar refractivity (Wildman–Crippen MR) is 99.8 cm³/mol. The molecule has 2 saturated heterocycles. The number of piperidine rings is 1. The molecule has 2 aliphatic rings. The standard InChI is InChI=1S/C20H31N3O2/c1-18(24)23-13-11-22(12-14-23)17-19-7-3-4-8-20(19)25-16-15-21-9-5-2-6-10-21/h3-4,7-8H,2,5-6,9-17H2,1H3. The SMILES string of the molecule is CC(=O)N1CCN(Cc2ccccc2OCCN2CCCCC2)CC1. The summed E-state index contributed by atoms with van der Waals surface area (Å²) in [5.41, 5.74) is 1.25. The third-order valence-corrected chi connectivity index (χ3v) is 5.30. The maximum atomic E-state index is 11.5. The smallest absolute Gasteiger partial charge is 0.219 e. The van der Waals surface area contributed by atoms with Gasteiger partial charge in [0.05, 0.1) is 0 Å². The molecule has 0 saturated carbocycles. The molecular formula is C20H31N3O2. The Bertz CT molecular complexity index is 550. The Balaban J connectivity index is 1.48. The number of rotatable bonds is 6.